The van der Waals surface area contributed by atoms with Gasteiger partial charge < -0.3 is 9.13 Å². The molecule has 0 N–H and O–H groups in total. The lowest BCUT2D eigenvalue weighted by molar-refractivity contribution is 0.967. The zero-order chi connectivity index (χ0) is 45.9. The summed E-state index contributed by atoms with van der Waals surface area (Å²) in [7, 11) is 0. The second kappa shape index (κ2) is 15.4. The van der Waals surface area contributed by atoms with Gasteiger partial charge in [0.1, 0.15) is 5.82 Å². The van der Waals surface area contributed by atoms with E-state index in [0.717, 1.165) is 46.6 Å². The number of anilines is 3. The van der Waals surface area contributed by atoms with Gasteiger partial charge in [0, 0.05) is 75.7 Å². The molecular formula is C65H42N4S. The van der Waals surface area contributed by atoms with Crippen LogP contribution in [0.1, 0.15) is 17.7 Å². The number of fused-ring (bicyclic) bond motifs is 13. The van der Waals surface area contributed by atoms with Crippen molar-refractivity contribution in [1.29, 1.82) is 0 Å². The number of pyridine rings is 1. The summed E-state index contributed by atoms with van der Waals surface area (Å²) in [5, 5.41) is 12.4. The van der Waals surface area contributed by atoms with Crippen LogP contribution in [0.4, 0.5) is 17.2 Å². The van der Waals surface area contributed by atoms with E-state index in [1.54, 1.807) is 0 Å². The largest absolute Gasteiger partial charge is 0.310 e. The molecule has 0 spiro atoms. The molecule has 0 unspecified atom stereocenters. The van der Waals surface area contributed by atoms with E-state index in [1.807, 2.05) is 11.3 Å². The Morgan fingerprint density at radius 3 is 2.06 bits per heavy atom. The molecule has 4 aromatic heterocycles. The van der Waals surface area contributed by atoms with E-state index in [1.165, 1.54) is 102 Å². The van der Waals surface area contributed by atoms with E-state index in [4.69, 9.17) is 4.98 Å². The SMILES string of the molecule is C1=Cc2c(c3cc(N(c4cc(-c5ccc6c(c5)c5ccccc5n6-c5ccc6ccc7ccccc7c6c5)c5sc6ccccc6c5c4)c4ccc5ccccc5n4)ccc3n2-c2ccccc2)CC1. The Kier molecular flexibility index (Phi) is 8.62. The van der Waals surface area contributed by atoms with Crippen LogP contribution in [0.15, 0.2) is 224 Å². The third-order valence-corrected chi connectivity index (χ3v) is 15.9. The Bertz CT molecular complexity index is 4490. The average Bonchev–Trinajstić information content (AvgIpc) is 4.08. The molecule has 14 aromatic rings. The fourth-order valence-electron chi connectivity index (χ4n) is 11.5. The van der Waals surface area contributed by atoms with Crippen molar-refractivity contribution in [2.75, 3.05) is 4.90 Å². The summed E-state index contributed by atoms with van der Waals surface area (Å²) < 4.78 is 7.43. The minimum Gasteiger partial charge on any atom is -0.310 e. The minimum atomic E-state index is 0.876. The number of aromatic nitrogens is 3. The van der Waals surface area contributed by atoms with E-state index in [0.29, 0.717) is 0 Å². The molecule has 1 aliphatic rings. The highest BCUT2D eigenvalue weighted by Crippen LogP contribution is 2.48. The van der Waals surface area contributed by atoms with Gasteiger partial charge in [-0.2, -0.15) is 0 Å². The molecular weight excluding hydrogens is 869 g/mol. The minimum absolute atomic E-state index is 0.876. The number of aryl methyl sites for hydroxylation is 1. The van der Waals surface area contributed by atoms with Crippen LogP contribution < -0.4 is 4.90 Å². The monoisotopic (exact) mass is 910 g/mol. The van der Waals surface area contributed by atoms with Gasteiger partial charge >= 0.3 is 0 Å². The molecule has 0 radical (unpaired) electrons. The first kappa shape index (κ1) is 39.2. The van der Waals surface area contributed by atoms with Crippen LogP contribution in [0.3, 0.4) is 0 Å². The Morgan fingerprint density at radius 2 is 1.14 bits per heavy atom. The fourth-order valence-corrected chi connectivity index (χ4v) is 12.7. The van der Waals surface area contributed by atoms with Crippen LogP contribution in [0.2, 0.25) is 0 Å². The maximum atomic E-state index is 5.43. The second-order valence-corrected chi connectivity index (χ2v) is 19.7. The maximum absolute atomic E-state index is 5.43. The van der Waals surface area contributed by atoms with Crippen molar-refractivity contribution in [1.82, 2.24) is 14.1 Å². The first-order valence-corrected chi connectivity index (χ1v) is 25.0. The van der Waals surface area contributed by atoms with Gasteiger partial charge in [0.15, 0.2) is 0 Å². The zero-order valence-corrected chi connectivity index (χ0v) is 38.9. The number of nitrogens with zero attached hydrogens (tertiary/aromatic N) is 4. The van der Waals surface area contributed by atoms with Crippen LogP contribution in [-0.2, 0) is 6.42 Å². The third-order valence-electron chi connectivity index (χ3n) is 14.7. The molecule has 0 saturated heterocycles. The Balaban J connectivity index is 0.968. The van der Waals surface area contributed by atoms with E-state index in [2.05, 4.69) is 245 Å². The van der Waals surface area contributed by atoms with Gasteiger partial charge in [-0.25, -0.2) is 4.98 Å². The quantitative estimate of drug-likeness (QED) is 0.155. The van der Waals surface area contributed by atoms with Crippen LogP contribution in [-0.4, -0.2) is 14.1 Å². The number of hydrogen-bond donors (Lipinski definition) is 0. The van der Waals surface area contributed by atoms with Gasteiger partial charge in [0.05, 0.1) is 22.1 Å². The molecule has 1 aliphatic carbocycles. The highest BCUT2D eigenvalue weighted by molar-refractivity contribution is 7.26. The topological polar surface area (TPSA) is 26.0 Å². The van der Waals surface area contributed by atoms with E-state index < -0.39 is 0 Å². The summed E-state index contributed by atoms with van der Waals surface area (Å²) in [6, 6.07) is 80.4. The average molecular weight is 911 g/mol. The molecule has 70 heavy (non-hydrogen) atoms. The molecule has 15 rings (SSSR count). The van der Waals surface area contributed by atoms with Gasteiger partial charge in [-0.3, -0.25) is 4.90 Å². The number of rotatable bonds is 6. The first-order chi connectivity index (χ1) is 34.7. The molecule has 0 fully saturated rings. The van der Waals surface area contributed by atoms with Crippen molar-refractivity contribution >= 4 is 120 Å². The number of thiophene rings is 1. The predicted molar refractivity (Wildman–Crippen MR) is 298 cm³/mol. The molecule has 10 aromatic carbocycles. The number of hydrogen-bond acceptors (Lipinski definition) is 3. The summed E-state index contributed by atoms with van der Waals surface area (Å²) >= 11 is 1.88. The van der Waals surface area contributed by atoms with Crippen LogP contribution in [0, 0.1) is 0 Å². The highest BCUT2D eigenvalue weighted by atomic mass is 32.1. The molecule has 0 saturated carbocycles. The van der Waals surface area contributed by atoms with Gasteiger partial charge in [-0.05, 0) is 149 Å². The standard InChI is InChI=1S/C65H42N4S/c1-2-16-45(17-3-1)68-59-23-11-8-20-51(59)56-38-46(32-34-62(56)68)67(64-35-30-43-15-5-10-22-58(43)66-64)48-39-54(65-57(40-48)52-21-9-13-25-63(52)70-65)44-29-33-61-55(36-44)50-19-7-12-24-60(50)69(61)47-31-28-42-27-26-41-14-4-6-18-49(41)53(42)37-47/h1-7,9-19,21-40H,8,20H2. The maximum Gasteiger partial charge on any atom is 0.138 e. The molecule has 0 atom stereocenters. The Morgan fingerprint density at radius 1 is 0.443 bits per heavy atom. The summed E-state index contributed by atoms with van der Waals surface area (Å²) in [6.07, 6.45) is 6.64. The Hall–Kier alpha value is -8.77. The van der Waals surface area contributed by atoms with E-state index in [9.17, 15) is 0 Å². The zero-order valence-electron chi connectivity index (χ0n) is 38.1. The molecule has 5 heteroatoms. The van der Waals surface area contributed by atoms with Crippen molar-refractivity contribution in [2.45, 2.75) is 12.8 Å². The van der Waals surface area contributed by atoms with Crippen molar-refractivity contribution in [3.05, 3.63) is 236 Å². The lowest BCUT2D eigenvalue weighted by atomic mass is 9.98. The van der Waals surface area contributed by atoms with Gasteiger partial charge in [-0.1, -0.05) is 127 Å². The van der Waals surface area contributed by atoms with Gasteiger partial charge in [0.2, 0.25) is 0 Å². The fraction of sp³-hybridized carbons (Fsp3) is 0.0308. The molecule has 4 nitrogen and oxygen atoms in total. The second-order valence-electron chi connectivity index (χ2n) is 18.6. The predicted octanol–water partition coefficient (Wildman–Crippen LogP) is 18.0. The Labute approximate surface area is 407 Å². The summed E-state index contributed by atoms with van der Waals surface area (Å²) in [5.41, 5.74) is 14.1. The third kappa shape index (κ3) is 5.98. The number of benzene rings is 10. The molecule has 0 aliphatic heterocycles. The van der Waals surface area contributed by atoms with E-state index >= 15 is 0 Å². The van der Waals surface area contributed by atoms with Crippen LogP contribution >= 0.6 is 11.3 Å². The highest BCUT2D eigenvalue weighted by Gasteiger charge is 2.24. The molecule has 328 valence electrons. The number of allylic oxidation sites excluding steroid dienone is 1. The van der Waals surface area contributed by atoms with Crippen molar-refractivity contribution in [2.24, 2.45) is 0 Å². The van der Waals surface area contributed by atoms with Crippen molar-refractivity contribution in [3.63, 3.8) is 0 Å². The summed E-state index contributed by atoms with van der Waals surface area (Å²) in [6.45, 7) is 0. The molecule has 0 bridgehead atoms. The van der Waals surface area contributed by atoms with E-state index in [-0.39, 0.29) is 0 Å². The summed E-state index contributed by atoms with van der Waals surface area (Å²) in [5.74, 6) is 0.876. The van der Waals surface area contributed by atoms with Crippen LogP contribution in [0.25, 0.3) is 114 Å². The summed E-state index contributed by atoms with van der Waals surface area (Å²) in [4.78, 5) is 7.82. The smallest absolute Gasteiger partial charge is 0.138 e. The lowest BCUT2D eigenvalue weighted by Gasteiger charge is -2.26. The first-order valence-electron chi connectivity index (χ1n) is 24.2. The normalized spacial score (nSPS) is 12.7. The van der Waals surface area contributed by atoms with Crippen LogP contribution in [0.5, 0.6) is 0 Å². The van der Waals surface area contributed by atoms with Crippen molar-refractivity contribution in [3.8, 4) is 22.5 Å². The lowest BCUT2D eigenvalue weighted by Crippen LogP contribution is -2.12. The number of para-hydroxylation sites is 3. The van der Waals surface area contributed by atoms with Gasteiger partial charge in [0.25, 0.3) is 0 Å². The molecule has 4 heterocycles. The molecule has 0 amide bonds. The van der Waals surface area contributed by atoms with Crippen molar-refractivity contribution < 1.29 is 0 Å². The van der Waals surface area contributed by atoms with Gasteiger partial charge in [-0.15, -0.1) is 11.3 Å².